The van der Waals surface area contributed by atoms with Crippen molar-refractivity contribution >= 4 is 23.4 Å². The molecule has 5 nitrogen and oxygen atoms in total. The van der Waals surface area contributed by atoms with Crippen molar-refractivity contribution in [3.63, 3.8) is 0 Å². The maximum atomic E-state index is 12.6. The molecule has 1 aromatic rings. The topological polar surface area (TPSA) is 61.4 Å². The van der Waals surface area contributed by atoms with E-state index in [0.29, 0.717) is 23.7 Å². The van der Waals surface area contributed by atoms with E-state index in [1.54, 1.807) is 24.3 Å². The average molecular weight is 324 g/mol. The van der Waals surface area contributed by atoms with Gasteiger partial charge in [-0.2, -0.15) is 0 Å². The molecule has 1 aromatic carbocycles. The minimum Gasteiger partial charge on any atom is -0.340 e. The second kappa shape index (κ2) is 7.61. The Morgan fingerprint density at radius 3 is 2.32 bits per heavy atom. The summed E-state index contributed by atoms with van der Waals surface area (Å²) < 4.78 is 0. The number of rotatable bonds is 4. The van der Waals surface area contributed by atoms with Crippen LogP contribution in [0.15, 0.2) is 24.3 Å². The lowest BCUT2D eigenvalue weighted by molar-refractivity contribution is -0.134. The number of carbonyl (C=O) groups excluding carboxylic acids is 2. The van der Waals surface area contributed by atoms with Crippen LogP contribution in [0.3, 0.4) is 0 Å². The predicted molar refractivity (Wildman–Crippen MR) is 87.0 cm³/mol. The van der Waals surface area contributed by atoms with Gasteiger partial charge < -0.3 is 15.5 Å². The highest BCUT2D eigenvalue weighted by atomic mass is 35.5. The minimum absolute atomic E-state index is 0.0150. The van der Waals surface area contributed by atoms with Gasteiger partial charge in [-0.3, -0.25) is 9.59 Å². The van der Waals surface area contributed by atoms with E-state index < -0.39 is 6.04 Å². The number of piperazine rings is 1. The SMILES string of the molecule is CC(C)C(NC(=O)c1ccc(Cl)cc1)C(=O)N1CCNCC1. The molecule has 1 unspecified atom stereocenters. The summed E-state index contributed by atoms with van der Waals surface area (Å²) in [5.74, 6) is -0.240. The van der Waals surface area contributed by atoms with E-state index in [4.69, 9.17) is 11.6 Å². The van der Waals surface area contributed by atoms with Gasteiger partial charge in [0, 0.05) is 36.8 Å². The van der Waals surface area contributed by atoms with E-state index in [1.807, 2.05) is 18.7 Å². The van der Waals surface area contributed by atoms with Crippen molar-refractivity contribution in [1.29, 1.82) is 0 Å². The smallest absolute Gasteiger partial charge is 0.251 e. The predicted octanol–water partition coefficient (Wildman–Crippen LogP) is 1.53. The molecule has 6 heteroatoms. The summed E-state index contributed by atoms with van der Waals surface area (Å²) in [4.78, 5) is 26.8. The molecule has 120 valence electrons. The summed E-state index contributed by atoms with van der Waals surface area (Å²) in [5, 5.41) is 6.65. The highest BCUT2D eigenvalue weighted by molar-refractivity contribution is 6.30. The van der Waals surface area contributed by atoms with Gasteiger partial charge in [0.1, 0.15) is 6.04 Å². The highest BCUT2D eigenvalue weighted by Gasteiger charge is 2.29. The van der Waals surface area contributed by atoms with Crippen LogP contribution in [0, 0.1) is 5.92 Å². The van der Waals surface area contributed by atoms with E-state index in [2.05, 4.69) is 10.6 Å². The zero-order chi connectivity index (χ0) is 16.1. The Kier molecular flexibility index (Phi) is 5.80. The number of halogens is 1. The summed E-state index contributed by atoms with van der Waals surface area (Å²) in [7, 11) is 0. The molecule has 2 amide bonds. The zero-order valence-electron chi connectivity index (χ0n) is 12.9. The standard InChI is InChI=1S/C16H22ClN3O2/c1-11(2)14(16(22)20-9-7-18-8-10-20)19-15(21)12-3-5-13(17)6-4-12/h3-6,11,14,18H,7-10H2,1-2H3,(H,19,21). The van der Waals surface area contributed by atoms with Crippen LogP contribution in [-0.4, -0.2) is 48.9 Å². The van der Waals surface area contributed by atoms with Crippen molar-refractivity contribution in [3.05, 3.63) is 34.9 Å². The average Bonchev–Trinajstić information content (AvgIpc) is 2.53. The van der Waals surface area contributed by atoms with Crippen LogP contribution in [0.4, 0.5) is 0 Å². The third-order valence-corrected chi connectivity index (χ3v) is 4.01. The Balaban J connectivity index is 2.06. The van der Waals surface area contributed by atoms with Gasteiger partial charge in [0.25, 0.3) is 5.91 Å². The van der Waals surface area contributed by atoms with Crippen LogP contribution in [0.25, 0.3) is 0 Å². The van der Waals surface area contributed by atoms with Crippen LogP contribution in [0.1, 0.15) is 24.2 Å². The number of hydrogen-bond donors (Lipinski definition) is 2. The molecular formula is C16H22ClN3O2. The third kappa shape index (κ3) is 4.21. The first-order valence-electron chi connectivity index (χ1n) is 7.55. The molecule has 0 spiro atoms. The van der Waals surface area contributed by atoms with Crippen molar-refractivity contribution in [1.82, 2.24) is 15.5 Å². The molecule has 2 rings (SSSR count). The molecule has 1 aliphatic heterocycles. The molecule has 0 radical (unpaired) electrons. The Labute approximate surface area is 136 Å². The molecule has 1 saturated heterocycles. The van der Waals surface area contributed by atoms with Crippen molar-refractivity contribution < 1.29 is 9.59 Å². The molecule has 22 heavy (non-hydrogen) atoms. The number of amides is 2. The van der Waals surface area contributed by atoms with E-state index in [1.165, 1.54) is 0 Å². The lowest BCUT2D eigenvalue weighted by Gasteiger charge is -2.32. The van der Waals surface area contributed by atoms with E-state index in [0.717, 1.165) is 13.1 Å². The molecule has 2 N–H and O–H groups in total. The minimum atomic E-state index is -0.513. The Morgan fingerprint density at radius 1 is 1.18 bits per heavy atom. The lowest BCUT2D eigenvalue weighted by atomic mass is 10.0. The van der Waals surface area contributed by atoms with Gasteiger partial charge >= 0.3 is 0 Å². The molecular weight excluding hydrogens is 302 g/mol. The zero-order valence-corrected chi connectivity index (χ0v) is 13.7. The summed E-state index contributed by atoms with van der Waals surface area (Å²) in [6, 6.07) is 6.13. The summed E-state index contributed by atoms with van der Waals surface area (Å²) >= 11 is 5.83. The van der Waals surface area contributed by atoms with E-state index in [-0.39, 0.29) is 17.7 Å². The monoisotopic (exact) mass is 323 g/mol. The van der Waals surface area contributed by atoms with Gasteiger partial charge in [0.05, 0.1) is 0 Å². The number of nitrogens with zero attached hydrogens (tertiary/aromatic N) is 1. The van der Waals surface area contributed by atoms with Gasteiger partial charge in [0.2, 0.25) is 5.91 Å². The van der Waals surface area contributed by atoms with E-state index >= 15 is 0 Å². The molecule has 0 bridgehead atoms. The summed E-state index contributed by atoms with van der Waals surface area (Å²) in [6.45, 7) is 6.82. The maximum Gasteiger partial charge on any atom is 0.251 e. The number of carbonyl (C=O) groups is 2. The van der Waals surface area contributed by atoms with Gasteiger partial charge in [-0.15, -0.1) is 0 Å². The highest BCUT2D eigenvalue weighted by Crippen LogP contribution is 2.12. The fraction of sp³-hybridized carbons (Fsp3) is 0.500. The van der Waals surface area contributed by atoms with Crippen molar-refractivity contribution in [2.75, 3.05) is 26.2 Å². The first-order valence-corrected chi connectivity index (χ1v) is 7.93. The van der Waals surface area contributed by atoms with Crippen molar-refractivity contribution in [2.24, 2.45) is 5.92 Å². The maximum absolute atomic E-state index is 12.6. The van der Waals surface area contributed by atoms with Crippen molar-refractivity contribution in [3.8, 4) is 0 Å². The Bertz CT molecular complexity index is 525. The molecule has 0 saturated carbocycles. The summed E-state index contributed by atoms with van der Waals surface area (Å²) in [6.07, 6.45) is 0. The van der Waals surface area contributed by atoms with Crippen molar-refractivity contribution in [2.45, 2.75) is 19.9 Å². The fourth-order valence-electron chi connectivity index (χ4n) is 2.42. The Morgan fingerprint density at radius 2 is 1.77 bits per heavy atom. The molecule has 1 heterocycles. The first-order chi connectivity index (χ1) is 10.5. The number of hydrogen-bond acceptors (Lipinski definition) is 3. The molecule has 1 fully saturated rings. The van der Waals surface area contributed by atoms with Gasteiger partial charge in [0.15, 0.2) is 0 Å². The number of benzene rings is 1. The van der Waals surface area contributed by atoms with Gasteiger partial charge in [-0.25, -0.2) is 0 Å². The van der Waals surface area contributed by atoms with E-state index in [9.17, 15) is 9.59 Å². The van der Waals surface area contributed by atoms with Crippen LogP contribution in [0.5, 0.6) is 0 Å². The first kappa shape index (κ1) is 16.8. The molecule has 1 aliphatic rings. The normalized spacial score (nSPS) is 16.5. The second-order valence-corrected chi connectivity index (χ2v) is 6.21. The van der Waals surface area contributed by atoms with Crippen LogP contribution in [-0.2, 0) is 4.79 Å². The Hall–Kier alpha value is -1.59. The largest absolute Gasteiger partial charge is 0.340 e. The second-order valence-electron chi connectivity index (χ2n) is 5.78. The third-order valence-electron chi connectivity index (χ3n) is 3.75. The molecule has 0 aromatic heterocycles. The van der Waals surface area contributed by atoms with Crippen LogP contribution >= 0.6 is 11.6 Å². The van der Waals surface area contributed by atoms with Gasteiger partial charge in [-0.1, -0.05) is 25.4 Å². The molecule has 0 aliphatic carbocycles. The van der Waals surface area contributed by atoms with Crippen LogP contribution < -0.4 is 10.6 Å². The number of nitrogens with one attached hydrogen (secondary N) is 2. The van der Waals surface area contributed by atoms with Crippen LogP contribution in [0.2, 0.25) is 5.02 Å². The summed E-state index contributed by atoms with van der Waals surface area (Å²) in [5.41, 5.74) is 0.503. The fourth-order valence-corrected chi connectivity index (χ4v) is 2.55. The molecule has 1 atom stereocenters. The van der Waals surface area contributed by atoms with Gasteiger partial charge in [-0.05, 0) is 30.2 Å². The quantitative estimate of drug-likeness (QED) is 0.883. The lowest BCUT2D eigenvalue weighted by Crippen LogP contribution is -2.55.